The van der Waals surface area contributed by atoms with Gasteiger partial charge < -0.3 is 38.4 Å². The van der Waals surface area contributed by atoms with Gasteiger partial charge in [0.15, 0.2) is 0 Å². The predicted molar refractivity (Wildman–Crippen MR) is 263 cm³/mol. The lowest BCUT2D eigenvalue weighted by Gasteiger charge is -2.14. The van der Waals surface area contributed by atoms with E-state index in [0.717, 1.165) is 81.7 Å². The average Bonchev–Trinajstić information content (AvgIpc) is 4.05. The summed E-state index contributed by atoms with van der Waals surface area (Å²) in [6, 6.07) is 28.1. The van der Waals surface area contributed by atoms with Gasteiger partial charge in [-0.3, -0.25) is 0 Å². The van der Waals surface area contributed by atoms with Gasteiger partial charge in [0.1, 0.15) is 36.2 Å². The van der Waals surface area contributed by atoms with Crippen molar-refractivity contribution in [1.82, 2.24) is 10.6 Å². The van der Waals surface area contributed by atoms with Gasteiger partial charge in [0.2, 0.25) is 0 Å². The third kappa shape index (κ3) is 16.8. The molecule has 0 atom stereocenters. The molecule has 0 fully saturated rings. The van der Waals surface area contributed by atoms with Crippen LogP contribution in [-0.4, -0.2) is 51.7 Å². The van der Waals surface area contributed by atoms with E-state index in [9.17, 15) is 4.57 Å². The van der Waals surface area contributed by atoms with Crippen molar-refractivity contribution in [2.24, 2.45) is 0 Å². The fourth-order valence-corrected chi connectivity index (χ4v) is 8.23. The van der Waals surface area contributed by atoms with Crippen LogP contribution in [0.3, 0.4) is 0 Å². The van der Waals surface area contributed by atoms with Crippen LogP contribution in [0.4, 0.5) is 0 Å². The SMILES string of the molecule is CC(C)Oc1ccc(CCCOc2ccc(CNCCCO[P+](=O)OCCCNCc3ccc(OCCCc4ccc(OC(C)C)c(Cl)c4)c(-c4ccoc4)c3)cc2-c2ccoc2)cc1Cl. The van der Waals surface area contributed by atoms with Crippen LogP contribution in [0.1, 0.15) is 75.6 Å². The first-order valence-corrected chi connectivity index (χ1v) is 24.6. The summed E-state index contributed by atoms with van der Waals surface area (Å²) in [5, 5.41) is 8.14. The highest BCUT2D eigenvalue weighted by Gasteiger charge is 2.19. The number of rotatable bonds is 30. The molecule has 0 unspecified atom stereocenters. The first-order chi connectivity index (χ1) is 32.1. The number of hydrogen-bond acceptors (Lipinski definition) is 11. The maximum atomic E-state index is 12.4. The molecule has 352 valence electrons. The molecule has 11 nitrogen and oxygen atoms in total. The monoisotopic (exact) mass is 959 g/mol. The molecule has 14 heteroatoms. The average molecular weight is 961 g/mol. The minimum Gasteiger partial charge on any atom is -0.493 e. The summed E-state index contributed by atoms with van der Waals surface area (Å²) >= 11 is 12.9. The highest BCUT2D eigenvalue weighted by Crippen LogP contribution is 2.34. The normalized spacial score (nSPS) is 11.4. The van der Waals surface area contributed by atoms with Gasteiger partial charge >= 0.3 is 8.25 Å². The van der Waals surface area contributed by atoms with Crippen LogP contribution in [0.5, 0.6) is 23.0 Å². The predicted octanol–water partition coefficient (Wildman–Crippen LogP) is 13.5. The zero-order valence-electron chi connectivity index (χ0n) is 38.3. The first kappa shape index (κ1) is 50.6. The van der Waals surface area contributed by atoms with Crippen molar-refractivity contribution in [3.8, 4) is 45.3 Å². The van der Waals surface area contributed by atoms with E-state index in [4.69, 9.17) is 60.0 Å². The minimum atomic E-state index is -2.19. The van der Waals surface area contributed by atoms with E-state index in [-0.39, 0.29) is 12.2 Å². The summed E-state index contributed by atoms with van der Waals surface area (Å²) in [7, 11) is -2.19. The third-order valence-electron chi connectivity index (χ3n) is 10.3. The molecule has 0 aliphatic heterocycles. The van der Waals surface area contributed by atoms with E-state index in [2.05, 4.69) is 34.9 Å². The molecule has 0 bridgehead atoms. The van der Waals surface area contributed by atoms with Crippen molar-refractivity contribution in [2.75, 3.05) is 39.5 Å². The second-order valence-corrected chi connectivity index (χ2v) is 18.2. The smallest absolute Gasteiger partial charge is 0.493 e. The van der Waals surface area contributed by atoms with Gasteiger partial charge in [0.25, 0.3) is 0 Å². The molecule has 0 aliphatic carbocycles. The van der Waals surface area contributed by atoms with Crippen LogP contribution >= 0.6 is 31.5 Å². The van der Waals surface area contributed by atoms with Gasteiger partial charge in [-0.1, -0.05) is 47.5 Å². The molecular formula is C52H62Cl2N2O9P+. The van der Waals surface area contributed by atoms with Crippen LogP contribution < -0.4 is 29.6 Å². The Morgan fingerprint density at radius 3 is 1.35 bits per heavy atom. The van der Waals surface area contributed by atoms with E-state index >= 15 is 0 Å². The molecule has 4 aromatic carbocycles. The molecule has 0 radical (unpaired) electrons. The Labute approximate surface area is 400 Å². The number of halogens is 2. The molecule has 0 aliphatic rings. The van der Waals surface area contributed by atoms with Crippen LogP contribution in [0.25, 0.3) is 22.3 Å². The molecule has 2 aromatic heterocycles. The molecule has 6 aromatic rings. The lowest BCUT2D eigenvalue weighted by atomic mass is 10.0. The molecular weight excluding hydrogens is 898 g/mol. The summed E-state index contributed by atoms with van der Waals surface area (Å²) in [5.41, 5.74) is 8.33. The summed E-state index contributed by atoms with van der Waals surface area (Å²) in [6.07, 6.45) is 11.6. The molecule has 0 amide bonds. The number of nitrogens with one attached hydrogen (secondary N) is 2. The van der Waals surface area contributed by atoms with Gasteiger partial charge in [0, 0.05) is 39.9 Å². The van der Waals surface area contributed by atoms with Crippen LogP contribution in [0.2, 0.25) is 10.0 Å². The zero-order valence-corrected chi connectivity index (χ0v) is 40.7. The highest BCUT2D eigenvalue weighted by molar-refractivity contribution is 7.33. The molecule has 6 rings (SSSR count). The molecule has 0 saturated heterocycles. The standard InChI is InChI=1S/C52H62Cl2N2O9P/c1-37(2)64-51-17-11-39(31-47(51)53)9-5-23-60-49-15-13-41(29-45(49)43-19-27-58-35-43)33-55-21-7-25-62-66(57)63-26-8-22-56-34-42-14-16-50(46(30-42)44-20-28-59-36-44)61-24-6-10-40-12-18-52(48(54)32-40)65-38(3)4/h11-20,27-32,35-38,55-56H,5-10,21-26,33-34H2,1-4H3/q+1. The Hall–Kier alpha value is -4.84. The van der Waals surface area contributed by atoms with E-state index < -0.39 is 8.25 Å². The van der Waals surface area contributed by atoms with Gasteiger partial charge in [-0.25, -0.2) is 0 Å². The Morgan fingerprint density at radius 2 is 0.955 bits per heavy atom. The van der Waals surface area contributed by atoms with Crippen LogP contribution in [0.15, 0.2) is 119 Å². The molecule has 66 heavy (non-hydrogen) atoms. The van der Waals surface area contributed by atoms with Crippen LogP contribution in [0, 0.1) is 0 Å². The maximum Gasteiger partial charge on any atom is 0.697 e. The molecule has 0 spiro atoms. The fourth-order valence-electron chi connectivity index (χ4n) is 7.10. The fraction of sp³-hybridized carbons (Fsp3) is 0.385. The topological polar surface area (TPSA) is 123 Å². The zero-order chi connectivity index (χ0) is 46.5. The van der Waals surface area contributed by atoms with Gasteiger partial charge in [-0.05, 0) is 162 Å². The van der Waals surface area contributed by atoms with Crippen molar-refractivity contribution < 1.29 is 41.4 Å². The Bertz CT molecular complexity index is 2210. The van der Waals surface area contributed by atoms with Crippen LogP contribution in [-0.2, 0) is 39.5 Å². The molecule has 2 heterocycles. The van der Waals surface area contributed by atoms with Crippen molar-refractivity contribution >= 4 is 31.5 Å². The largest absolute Gasteiger partial charge is 0.697 e. The van der Waals surface area contributed by atoms with Crippen molar-refractivity contribution in [3.05, 3.63) is 142 Å². The van der Waals surface area contributed by atoms with E-state index in [1.165, 1.54) is 0 Å². The summed E-state index contributed by atoms with van der Waals surface area (Å²) in [6.45, 7) is 12.4. The second kappa shape index (κ2) is 27.1. The Balaban J connectivity index is 0.831. The van der Waals surface area contributed by atoms with Crippen molar-refractivity contribution in [3.63, 3.8) is 0 Å². The number of benzene rings is 4. The lowest BCUT2D eigenvalue weighted by molar-refractivity contribution is 0.220. The Morgan fingerprint density at radius 1 is 0.530 bits per heavy atom. The summed E-state index contributed by atoms with van der Waals surface area (Å²) in [5.74, 6) is 3.00. The second-order valence-electron chi connectivity index (χ2n) is 16.4. The quantitative estimate of drug-likeness (QED) is 0.0331. The number of ether oxygens (including phenoxy) is 4. The number of hydrogen-bond donors (Lipinski definition) is 2. The van der Waals surface area contributed by atoms with Gasteiger partial charge in [-0.15, -0.1) is 9.05 Å². The van der Waals surface area contributed by atoms with Gasteiger partial charge in [-0.2, -0.15) is 0 Å². The third-order valence-corrected chi connectivity index (χ3v) is 11.6. The lowest BCUT2D eigenvalue weighted by Crippen LogP contribution is -2.16. The van der Waals surface area contributed by atoms with Crippen molar-refractivity contribution in [2.45, 2.75) is 91.5 Å². The van der Waals surface area contributed by atoms with E-state index in [1.54, 1.807) is 25.1 Å². The summed E-state index contributed by atoms with van der Waals surface area (Å²) in [4.78, 5) is 0. The minimum absolute atomic E-state index is 0.0677. The number of aryl methyl sites for hydroxylation is 2. The van der Waals surface area contributed by atoms with E-state index in [1.807, 2.05) is 88.4 Å². The Kier molecular flexibility index (Phi) is 20.8. The maximum absolute atomic E-state index is 12.4. The molecule has 0 saturated carbocycles. The van der Waals surface area contributed by atoms with E-state index in [0.29, 0.717) is 87.0 Å². The van der Waals surface area contributed by atoms with Crippen molar-refractivity contribution in [1.29, 1.82) is 0 Å². The molecule has 2 N–H and O–H groups in total. The first-order valence-electron chi connectivity index (χ1n) is 22.7. The summed E-state index contributed by atoms with van der Waals surface area (Å²) < 4.78 is 58.0. The number of furan rings is 2. The van der Waals surface area contributed by atoms with Gasteiger partial charge in [0.05, 0.1) is 60.5 Å². The highest BCUT2D eigenvalue weighted by atomic mass is 35.5.